The zero-order chi connectivity index (χ0) is 35.1. The van der Waals surface area contributed by atoms with Crippen LogP contribution in [0.1, 0.15) is 73.9 Å². The summed E-state index contributed by atoms with van der Waals surface area (Å²) in [4.78, 5) is 57.8. The second-order valence-corrected chi connectivity index (χ2v) is 13.6. The Bertz CT molecular complexity index is 2050. The number of likely N-dealkylation sites (tertiary alicyclic amines) is 2. The molecule has 3 aliphatic rings. The van der Waals surface area contributed by atoms with Gasteiger partial charge in [0, 0.05) is 18.7 Å². The van der Waals surface area contributed by atoms with E-state index in [0.29, 0.717) is 37.3 Å². The second kappa shape index (κ2) is 13.2. The quantitative estimate of drug-likeness (QED) is 0.151. The van der Waals surface area contributed by atoms with Gasteiger partial charge in [-0.3, -0.25) is 9.59 Å². The smallest absolute Gasteiger partial charge is 0.405 e. The maximum Gasteiger partial charge on any atom is 0.405 e. The number of rotatable bonds is 9. The van der Waals surface area contributed by atoms with Crippen molar-refractivity contribution in [1.82, 2.24) is 29.7 Å². The van der Waals surface area contributed by atoms with Crippen LogP contribution in [0.4, 0.5) is 4.79 Å². The third-order valence-corrected chi connectivity index (χ3v) is 10.3. The number of aliphatic hydroxyl groups is 1. The standard InChI is InChI=1S/C39H39N7O5/c40-38(49)51-33(28-6-2-1-3-7-28)36(47)45-20-4-8-31(45)34-41-22-29(43-34)26-14-10-24(11-15-26)25-12-16-27(17-13-25)30-23-42-35(44-30)32-9-5-21-46(32)37(48)39(50)18-19-39/h1-3,6-7,10-17,22-23,31-33,50H,4-5,8-9,18-21H2,(H2,40,49)(H,41,43)(H,42,44)/t31-,32-,33+/m0/s1. The molecule has 8 rings (SSSR count). The molecule has 2 saturated heterocycles. The van der Waals surface area contributed by atoms with E-state index in [4.69, 9.17) is 10.5 Å². The normalized spacial score (nSPS) is 19.9. The fourth-order valence-corrected chi connectivity index (χ4v) is 7.35. The molecule has 3 fully saturated rings. The van der Waals surface area contributed by atoms with Crippen LogP contribution in [0.3, 0.4) is 0 Å². The average Bonchev–Trinajstić information content (AvgIpc) is 3.76. The molecule has 0 spiro atoms. The molecule has 1 aliphatic carbocycles. The Balaban J connectivity index is 0.937. The summed E-state index contributed by atoms with van der Waals surface area (Å²) in [5.74, 6) is 0.924. The number of nitrogens with two attached hydrogens (primary N) is 1. The Kier molecular flexibility index (Phi) is 8.39. The lowest BCUT2D eigenvalue weighted by Gasteiger charge is -2.27. The van der Waals surface area contributed by atoms with Crippen LogP contribution in [0.25, 0.3) is 33.6 Å². The van der Waals surface area contributed by atoms with Crippen molar-refractivity contribution in [3.8, 4) is 33.6 Å². The molecule has 2 aliphatic heterocycles. The molecule has 0 radical (unpaired) electrons. The number of nitrogens with one attached hydrogen (secondary N) is 2. The number of benzene rings is 3. The second-order valence-electron chi connectivity index (χ2n) is 13.6. The molecule has 0 unspecified atom stereocenters. The third kappa shape index (κ3) is 6.38. The number of carbonyl (C=O) groups excluding carboxylic acids is 3. The van der Waals surface area contributed by atoms with Gasteiger partial charge in [0.1, 0.15) is 17.2 Å². The molecule has 3 atom stereocenters. The number of nitrogens with zero attached hydrogens (tertiary/aromatic N) is 4. The van der Waals surface area contributed by atoms with Gasteiger partial charge in [0.05, 0.1) is 35.9 Å². The summed E-state index contributed by atoms with van der Waals surface area (Å²) in [6.07, 6.45) is 5.77. The SMILES string of the molecule is NC(=O)O[C@@H](C(=O)N1CCC[C@H]1c1ncc(-c2ccc(-c3ccc(-c4cnc([C@@H]5CCCN5C(=O)C5(O)CC5)[nH]4)cc3)cc2)[nH]1)c1ccccc1. The van der Waals surface area contributed by atoms with Crippen LogP contribution in [0.2, 0.25) is 0 Å². The molecular formula is C39H39N7O5. The molecule has 5 aromatic rings. The van der Waals surface area contributed by atoms with Crippen molar-refractivity contribution in [3.63, 3.8) is 0 Å². The van der Waals surface area contributed by atoms with E-state index in [1.54, 1.807) is 40.3 Å². The van der Waals surface area contributed by atoms with Crippen LogP contribution in [-0.2, 0) is 14.3 Å². The number of hydrogen-bond donors (Lipinski definition) is 4. The zero-order valence-corrected chi connectivity index (χ0v) is 28.0. The first-order valence-electron chi connectivity index (χ1n) is 17.4. The first-order valence-corrected chi connectivity index (χ1v) is 17.4. The summed E-state index contributed by atoms with van der Waals surface area (Å²) in [6.45, 7) is 1.16. The van der Waals surface area contributed by atoms with Crippen LogP contribution < -0.4 is 5.73 Å². The maximum atomic E-state index is 13.7. The lowest BCUT2D eigenvalue weighted by Crippen LogP contribution is -2.40. The number of ether oxygens (including phenoxy) is 1. The summed E-state index contributed by atoms with van der Waals surface area (Å²) in [7, 11) is 0. The summed E-state index contributed by atoms with van der Waals surface area (Å²) in [6, 6.07) is 24.9. The highest BCUT2D eigenvalue weighted by atomic mass is 16.6. The minimum absolute atomic E-state index is 0.144. The fourth-order valence-electron chi connectivity index (χ4n) is 7.35. The molecular weight excluding hydrogens is 646 g/mol. The molecule has 5 N–H and O–H groups in total. The third-order valence-electron chi connectivity index (χ3n) is 10.3. The zero-order valence-electron chi connectivity index (χ0n) is 28.0. The van der Waals surface area contributed by atoms with Gasteiger partial charge in [-0.15, -0.1) is 0 Å². The van der Waals surface area contributed by atoms with E-state index in [-0.39, 0.29) is 23.9 Å². The van der Waals surface area contributed by atoms with E-state index in [2.05, 4.69) is 56.3 Å². The highest BCUT2D eigenvalue weighted by Gasteiger charge is 2.52. The van der Waals surface area contributed by atoms with E-state index in [1.165, 1.54) is 0 Å². The minimum atomic E-state index is -1.18. The topological polar surface area (TPSA) is 171 Å². The molecule has 2 aromatic heterocycles. The number of H-pyrrole nitrogens is 2. The predicted octanol–water partition coefficient (Wildman–Crippen LogP) is 5.82. The van der Waals surface area contributed by atoms with E-state index >= 15 is 0 Å². The average molecular weight is 686 g/mol. The first kappa shape index (κ1) is 32.5. The summed E-state index contributed by atoms with van der Waals surface area (Å²) in [5.41, 5.74) is 10.5. The van der Waals surface area contributed by atoms with Gasteiger partial charge in [-0.2, -0.15) is 0 Å². The monoisotopic (exact) mass is 685 g/mol. The number of amides is 3. The largest absolute Gasteiger partial charge is 0.431 e. The number of imidazole rings is 2. The van der Waals surface area contributed by atoms with Gasteiger partial charge in [-0.05, 0) is 60.8 Å². The van der Waals surface area contributed by atoms with Crippen LogP contribution in [-0.4, -0.2) is 71.4 Å². The molecule has 12 heteroatoms. The maximum absolute atomic E-state index is 13.7. The van der Waals surface area contributed by atoms with Gasteiger partial charge in [-0.25, -0.2) is 14.8 Å². The molecule has 0 bridgehead atoms. The Hall–Kier alpha value is -5.75. The Morgan fingerprint density at radius 1 is 0.745 bits per heavy atom. The molecule has 12 nitrogen and oxygen atoms in total. The van der Waals surface area contributed by atoms with Crippen molar-refractivity contribution >= 4 is 17.9 Å². The van der Waals surface area contributed by atoms with E-state index in [0.717, 1.165) is 65.1 Å². The van der Waals surface area contributed by atoms with Crippen molar-refractivity contribution in [1.29, 1.82) is 0 Å². The van der Waals surface area contributed by atoms with Crippen molar-refractivity contribution in [2.75, 3.05) is 13.1 Å². The van der Waals surface area contributed by atoms with Gasteiger partial charge in [0.15, 0.2) is 0 Å². The van der Waals surface area contributed by atoms with E-state index in [9.17, 15) is 19.5 Å². The minimum Gasteiger partial charge on any atom is -0.431 e. The van der Waals surface area contributed by atoms with Crippen LogP contribution >= 0.6 is 0 Å². The van der Waals surface area contributed by atoms with Gasteiger partial charge in [-0.1, -0.05) is 78.9 Å². The van der Waals surface area contributed by atoms with Gasteiger partial charge < -0.3 is 35.3 Å². The number of carbonyl (C=O) groups is 3. The van der Waals surface area contributed by atoms with Gasteiger partial charge >= 0.3 is 6.09 Å². The highest BCUT2D eigenvalue weighted by Crippen LogP contribution is 2.42. The van der Waals surface area contributed by atoms with Crippen LogP contribution in [0, 0.1) is 0 Å². The number of hydrogen-bond acceptors (Lipinski definition) is 7. The van der Waals surface area contributed by atoms with Crippen molar-refractivity contribution in [2.24, 2.45) is 5.73 Å². The lowest BCUT2D eigenvalue weighted by molar-refractivity contribution is -0.143. The van der Waals surface area contributed by atoms with Crippen molar-refractivity contribution in [3.05, 3.63) is 108 Å². The van der Waals surface area contributed by atoms with Crippen molar-refractivity contribution < 1.29 is 24.2 Å². The molecule has 4 heterocycles. The van der Waals surface area contributed by atoms with Gasteiger partial charge in [0.2, 0.25) is 6.10 Å². The molecule has 3 amide bonds. The number of primary amides is 1. The Labute approximate surface area is 294 Å². The van der Waals surface area contributed by atoms with Gasteiger partial charge in [0.25, 0.3) is 11.8 Å². The summed E-state index contributed by atoms with van der Waals surface area (Å²) >= 11 is 0. The number of aromatic nitrogens is 4. The van der Waals surface area contributed by atoms with E-state index < -0.39 is 17.8 Å². The predicted molar refractivity (Wildman–Crippen MR) is 188 cm³/mol. The molecule has 51 heavy (non-hydrogen) atoms. The lowest BCUT2D eigenvalue weighted by atomic mass is 10.0. The molecule has 260 valence electrons. The highest BCUT2D eigenvalue weighted by molar-refractivity contribution is 5.88. The molecule has 3 aromatic carbocycles. The van der Waals surface area contributed by atoms with Crippen LogP contribution in [0.15, 0.2) is 91.3 Å². The fraction of sp³-hybridized carbons (Fsp3) is 0.308. The summed E-state index contributed by atoms with van der Waals surface area (Å²) < 4.78 is 5.28. The summed E-state index contributed by atoms with van der Waals surface area (Å²) in [5, 5.41) is 10.4. The van der Waals surface area contributed by atoms with E-state index in [1.807, 2.05) is 24.4 Å². The number of aromatic amines is 2. The molecule has 1 saturated carbocycles. The Morgan fingerprint density at radius 2 is 1.24 bits per heavy atom. The van der Waals surface area contributed by atoms with Crippen molar-refractivity contribution in [2.45, 2.75) is 62.3 Å². The Morgan fingerprint density at radius 3 is 1.75 bits per heavy atom. The first-order chi connectivity index (χ1) is 24.8. The van der Waals surface area contributed by atoms with Crippen LogP contribution in [0.5, 0.6) is 0 Å².